The van der Waals surface area contributed by atoms with E-state index in [-0.39, 0.29) is 10.8 Å². The first kappa shape index (κ1) is 20.4. The van der Waals surface area contributed by atoms with E-state index in [1.54, 1.807) is 19.1 Å². The molecule has 0 aromatic heterocycles. The number of amides is 1. The van der Waals surface area contributed by atoms with Crippen LogP contribution in [0.1, 0.15) is 30.9 Å². The second-order valence-corrected chi connectivity index (χ2v) is 9.15. The largest absolute Gasteiger partial charge is 0.481 e. The number of carbonyl (C=O) groups is 1. The minimum atomic E-state index is -3.45. The van der Waals surface area contributed by atoms with Gasteiger partial charge in [-0.2, -0.15) is 4.31 Å². The molecule has 1 unspecified atom stereocenters. The number of aryl methyl sites for hydroxylation is 2. The van der Waals surface area contributed by atoms with Crippen molar-refractivity contribution in [2.45, 2.75) is 44.6 Å². The summed E-state index contributed by atoms with van der Waals surface area (Å²) >= 11 is 0. The Labute approximate surface area is 166 Å². The molecule has 6 nitrogen and oxygen atoms in total. The molecule has 0 spiro atoms. The Balaban J connectivity index is 1.63. The Hall–Kier alpha value is -2.38. The highest BCUT2D eigenvalue weighted by atomic mass is 32.2. The predicted octanol–water partition coefficient (Wildman–Crippen LogP) is 3.49. The van der Waals surface area contributed by atoms with Crippen molar-refractivity contribution in [3.8, 4) is 5.75 Å². The molecular formula is C21H26N2O4S. The van der Waals surface area contributed by atoms with Crippen molar-refractivity contribution >= 4 is 21.6 Å². The van der Waals surface area contributed by atoms with Gasteiger partial charge in [-0.15, -0.1) is 0 Å². The molecule has 1 N–H and O–H groups in total. The quantitative estimate of drug-likeness (QED) is 0.802. The number of rotatable bonds is 6. The molecule has 0 bridgehead atoms. The lowest BCUT2D eigenvalue weighted by molar-refractivity contribution is -0.122. The average Bonchev–Trinajstić information content (AvgIpc) is 3.16. The van der Waals surface area contributed by atoms with Gasteiger partial charge < -0.3 is 10.1 Å². The summed E-state index contributed by atoms with van der Waals surface area (Å²) in [5, 5.41) is 2.77. The Kier molecular flexibility index (Phi) is 6.05. The maximum Gasteiger partial charge on any atom is 0.265 e. The van der Waals surface area contributed by atoms with Crippen molar-refractivity contribution in [1.29, 1.82) is 0 Å². The summed E-state index contributed by atoms with van der Waals surface area (Å²) in [6.07, 6.45) is 1.10. The molecule has 150 valence electrons. The lowest BCUT2D eigenvalue weighted by Crippen LogP contribution is -2.30. The third-order valence-electron chi connectivity index (χ3n) is 4.70. The lowest BCUT2D eigenvalue weighted by Gasteiger charge is -2.17. The van der Waals surface area contributed by atoms with E-state index in [4.69, 9.17) is 4.74 Å². The summed E-state index contributed by atoms with van der Waals surface area (Å²) < 4.78 is 32.3. The lowest BCUT2D eigenvalue weighted by atomic mass is 10.1. The highest BCUT2D eigenvalue weighted by Crippen LogP contribution is 2.23. The van der Waals surface area contributed by atoms with Gasteiger partial charge in [0.1, 0.15) is 5.75 Å². The molecule has 3 rings (SSSR count). The van der Waals surface area contributed by atoms with Gasteiger partial charge in [0.15, 0.2) is 6.10 Å². The van der Waals surface area contributed by atoms with Crippen LogP contribution in [-0.4, -0.2) is 37.8 Å². The Bertz CT molecular complexity index is 929. The van der Waals surface area contributed by atoms with Crippen LogP contribution in [0.5, 0.6) is 5.75 Å². The van der Waals surface area contributed by atoms with E-state index in [1.807, 2.05) is 32.0 Å². The van der Waals surface area contributed by atoms with E-state index in [9.17, 15) is 13.2 Å². The standard InChI is InChI=1S/C21H26N2O4S/c1-15-12-16(2)14-19(13-15)27-17(3)21(24)22-18-6-8-20(9-7-18)28(25,26)23-10-4-5-11-23/h6-9,12-14,17H,4-5,10-11H2,1-3H3,(H,22,24). The molecule has 1 amide bonds. The van der Waals surface area contributed by atoms with Crippen LogP contribution < -0.4 is 10.1 Å². The van der Waals surface area contributed by atoms with Crippen molar-refractivity contribution in [3.05, 3.63) is 53.6 Å². The van der Waals surface area contributed by atoms with Crippen LogP contribution in [0.2, 0.25) is 0 Å². The van der Waals surface area contributed by atoms with Crippen LogP contribution in [0.15, 0.2) is 47.4 Å². The summed E-state index contributed by atoms with van der Waals surface area (Å²) in [6.45, 7) is 6.76. The van der Waals surface area contributed by atoms with Gasteiger partial charge in [0.25, 0.3) is 5.91 Å². The van der Waals surface area contributed by atoms with Gasteiger partial charge in [0.2, 0.25) is 10.0 Å². The van der Waals surface area contributed by atoms with E-state index in [0.29, 0.717) is 24.5 Å². The van der Waals surface area contributed by atoms with Crippen molar-refractivity contribution in [1.82, 2.24) is 4.31 Å². The van der Waals surface area contributed by atoms with E-state index in [1.165, 1.54) is 16.4 Å². The highest BCUT2D eigenvalue weighted by molar-refractivity contribution is 7.89. The molecule has 0 saturated carbocycles. The zero-order valence-corrected chi connectivity index (χ0v) is 17.3. The summed E-state index contributed by atoms with van der Waals surface area (Å²) in [5.41, 5.74) is 2.66. The van der Waals surface area contributed by atoms with Gasteiger partial charge in [-0.1, -0.05) is 6.07 Å². The summed E-state index contributed by atoms with van der Waals surface area (Å²) in [5.74, 6) is 0.349. The van der Waals surface area contributed by atoms with Gasteiger partial charge in [0, 0.05) is 18.8 Å². The normalized spacial score (nSPS) is 16.0. The number of benzene rings is 2. The number of hydrogen-bond acceptors (Lipinski definition) is 4. The van der Waals surface area contributed by atoms with E-state index in [2.05, 4.69) is 5.32 Å². The summed E-state index contributed by atoms with van der Waals surface area (Å²) in [7, 11) is -3.45. The zero-order valence-electron chi connectivity index (χ0n) is 16.4. The van der Waals surface area contributed by atoms with Gasteiger partial charge in [-0.3, -0.25) is 4.79 Å². The van der Waals surface area contributed by atoms with Gasteiger partial charge >= 0.3 is 0 Å². The topological polar surface area (TPSA) is 75.7 Å². The van der Waals surface area contributed by atoms with Crippen molar-refractivity contribution in [2.24, 2.45) is 0 Å². The van der Waals surface area contributed by atoms with E-state index < -0.39 is 16.1 Å². The molecule has 1 aliphatic heterocycles. The molecule has 28 heavy (non-hydrogen) atoms. The molecule has 1 fully saturated rings. The predicted molar refractivity (Wildman–Crippen MR) is 109 cm³/mol. The fraction of sp³-hybridized carbons (Fsp3) is 0.381. The number of sulfonamides is 1. The van der Waals surface area contributed by atoms with Crippen molar-refractivity contribution < 1.29 is 17.9 Å². The molecular weight excluding hydrogens is 376 g/mol. The first-order chi connectivity index (χ1) is 13.3. The molecule has 0 radical (unpaired) electrons. The van der Waals surface area contributed by atoms with Crippen LogP contribution >= 0.6 is 0 Å². The minimum absolute atomic E-state index is 0.243. The van der Waals surface area contributed by atoms with Crippen LogP contribution in [0, 0.1) is 13.8 Å². The third-order valence-corrected chi connectivity index (χ3v) is 6.61. The first-order valence-electron chi connectivity index (χ1n) is 9.42. The number of carbonyl (C=O) groups excluding carboxylic acids is 1. The maximum atomic E-state index is 12.6. The second-order valence-electron chi connectivity index (χ2n) is 7.21. The number of ether oxygens (including phenoxy) is 1. The fourth-order valence-corrected chi connectivity index (χ4v) is 4.81. The van der Waals surface area contributed by atoms with Crippen LogP contribution in [-0.2, 0) is 14.8 Å². The number of hydrogen-bond donors (Lipinski definition) is 1. The maximum absolute atomic E-state index is 12.6. The highest BCUT2D eigenvalue weighted by Gasteiger charge is 2.27. The van der Waals surface area contributed by atoms with E-state index >= 15 is 0 Å². The SMILES string of the molecule is Cc1cc(C)cc(OC(C)C(=O)Nc2ccc(S(=O)(=O)N3CCCC3)cc2)c1. The second kappa shape index (κ2) is 8.32. The number of nitrogens with one attached hydrogen (secondary N) is 1. The van der Waals surface area contributed by atoms with Gasteiger partial charge in [-0.25, -0.2) is 8.42 Å². The smallest absolute Gasteiger partial charge is 0.265 e. The minimum Gasteiger partial charge on any atom is -0.481 e. The number of nitrogens with zero attached hydrogens (tertiary/aromatic N) is 1. The first-order valence-corrected chi connectivity index (χ1v) is 10.9. The Morgan fingerprint density at radius 2 is 1.61 bits per heavy atom. The monoisotopic (exact) mass is 402 g/mol. The van der Waals surface area contributed by atoms with E-state index in [0.717, 1.165) is 24.0 Å². The molecule has 2 aromatic carbocycles. The van der Waals surface area contributed by atoms with Crippen LogP contribution in [0.3, 0.4) is 0 Å². The van der Waals surface area contributed by atoms with Gasteiger partial charge in [-0.05, 0) is 81.1 Å². The van der Waals surface area contributed by atoms with Crippen LogP contribution in [0.25, 0.3) is 0 Å². The summed E-state index contributed by atoms with van der Waals surface area (Å²) in [6, 6.07) is 12.1. The van der Waals surface area contributed by atoms with Crippen molar-refractivity contribution in [2.75, 3.05) is 18.4 Å². The molecule has 1 saturated heterocycles. The number of anilines is 1. The molecule has 1 aliphatic rings. The Morgan fingerprint density at radius 1 is 1.04 bits per heavy atom. The molecule has 1 heterocycles. The fourth-order valence-electron chi connectivity index (χ4n) is 3.29. The molecule has 2 aromatic rings. The molecule has 7 heteroatoms. The zero-order chi connectivity index (χ0) is 20.3. The van der Waals surface area contributed by atoms with Crippen molar-refractivity contribution in [3.63, 3.8) is 0 Å². The summed E-state index contributed by atoms with van der Waals surface area (Å²) in [4.78, 5) is 12.7. The van der Waals surface area contributed by atoms with Crippen LogP contribution in [0.4, 0.5) is 5.69 Å². The molecule has 1 atom stereocenters. The Morgan fingerprint density at radius 3 is 2.18 bits per heavy atom. The third kappa shape index (κ3) is 4.72. The average molecular weight is 403 g/mol. The molecule has 0 aliphatic carbocycles. The van der Waals surface area contributed by atoms with Gasteiger partial charge in [0.05, 0.1) is 4.90 Å².